The fraction of sp³-hybridized carbons (Fsp3) is 0.417. The highest BCUT2D eigenvalue weighted by molar-refractivity contribution is 5.90. The van der Waals surface area contributed by atoms with Crippen molar-refractivity contribution in [1.82, 2.24) is 29.0 Å². The number of alkyl halides is 5. The van der Waals surface area contributed by atoms with Gasteiger partial charge in [0.15, 0.2) is 0 Å². The van der Waals surface area contributed by atoms with E-state index in [1.807, 2.05) is 0 Å². The van der Waals surface area contributed by atoms with Gasteiger partial charge in [-0.2, -0.15) is 18.2 Å². The van der Waals surface area contributed by atoms with Crippen molar-refractivity contribution in [3.63, 3.8) is 0 Å². The van der Waals surface area contributed by atoms with Crippen LogP contribution in [0.1, 0.15) is 12.2 Å². The number of hydrogen-bond acceptors (Lipinski definition) is 7. The van der Waals surface area contributed by atoms with Crippen LogP contribution in [0.2, 0.25) is 0 Å². The third-order valence-electron chi connectivity index (χ3n) is 6.65. The van der Waals surface area contributed by atoms with Gasteiger partial charge in [-0.05, 0) is 37.1 Å². The molecule has 0 aliphatic carbocycles. The van der Waals surface area contributed by atoms with Crippen LogP contribution in [0.25, 0.3) is 27.7 Å². The zero-order valence-corrected chi connectivity index (χ0v) is 20.8. The van der Waals surface area contributed by atoms with Crippen LogP contribution < -0.4 is 10.1 Å². The van der Waals surface area contributed by atoms with Crippen molar-refractivity contribution in [2.75, 3.05) is 32.1 Å². The molecule has 4 heterocycles. The molecule has 1 saturated heterocycles. The van der Waals surface area contributed by atoms with E-state index >= 15 is 0 Å². The fourth-order valence-corrected chi connectivity index (χ4v) is 4.80. The van der Waals surface area contributed by atoms with Crippen LogP contribution in [0.5, 0.6) is 5.88 Å². The number of aromatic nitrogens is 5. The van der Waals surface area contributed by atoms with Gasteiger partial charge in [0.1, 0.15) is 24.5 Å². The minimum atomic E-state index is -4.43. The predicted octanol–water partition coefficient (Wildman–Crippen LogP) is 3.27. The molecule has 1 aliphatic heterocycles. The first-order valence-corrected chi connectivity index (χ1v) is 11.9. The van der Waals surface area contributed by atoms with E-state index in [9.17, 15) is 26.7 Å². The Kier molecular flexibility index (Phi) is 6.56. The number of benzene rings is 1. The lowest BCUT2D eigenvalue weighted by molar-refractivity contribution is -0.145. The normalized spacial score (nSPS) is 17.6. The molecular weight excluding hydrogens is 529 g/mol. The predicted molar refractivity (Wildman–Crippen MR) is 130 cm³/mol. The summed E-state index contributed by atoms with van der Waals surface area (Å²) in [7, 11) is 1.35. The molecule has 1 aromatic carbocycles. The summed E-state index contributed by atoms with van der Waals surface area (Å²) >= 11 is 0. The molecule has 0 unspecified atom stereocenters. The van der Waals surface area contributed by atoms with Crippen LogP contribution in [-0.2, 0) is 11.3 Å². The van der Waals surface area contributed by atoms with E-state index < -0.39 is 43.7 Å². The number of aliphatic hydroxyl groups is 1. The monoisotopic (exact) mass is 553 g/mol. The fourth-order valence-electron chi connectivity index (χ4n) is 4.80. The molecule has 2 N–H and O–H groups in total. The summed E-state index contributed by atoms with van der Waals surface area (Å²) in [5, 5.41) is 15.9. The zero-order chi connectivity index (χ0) is 28.1. The summed E-state index contributed by atoms with van der Waals surface area (Å²) in [5.74, 6) is -3.95. The minimum Gasteiger partial charge on any atom is -0.479 e. The van der Waals surface area contributed by atoms with Gasteiger partial charge in [0.2, 0.25) is 17.7 Å². The van der Waals surface area contributed by atoms with Gasteiger partial charge in [-0.1, -0.05) is 6.07 Å². The van der Waals surface area contributed by atoms with Gasteiger partial charge in [-0.3, -0.25) is 4.79 Å². The molecule has 1 atom stereocenters. The zero-order valence-electron chi connectivity index (χ0n) is 20.8. The number of methoxy groups -OCH3 is 1. The number of ether oxygens (including phenoxy) is 1. The van der Waals surface area contributed by atoms with Crippen LogP contribution in [0.15, 0.2) is 30.5 Å². The van der Waals surface area contributed by atoms with Gasteiger partial charge in [0.05, 0.1) is 30.7 Å². The van der Waals surface area contributed by atoms with Crippen molar-refractivity contribution in [3.05, 3.63) is 36.3 Å². The number of piperidine rings is 1. The summed E-state index contributed by atoms with van der Waals surface area (Å²) in [4.78, 5) is 21.0. The average Bonchev–Trinajstić information content (AvgIpc) is 3.43. The molecule has 0 saturated carbocycles. The number of hydrogen-bond donors (Lipinski definition) is 2. The van der Waals surface area contributed by atoms with Crippen molar-refractivity contribution in [1.29, 1.82) is 0 Å². The van der Waals surface area contributed by atoms with E-state index in [-0.39, 0.29) is 30.6 Å². The van der Waals surface area contributed by atoms with Crippen molar-refractivity contribution < 1.29 is 36.6 Å². The van der Waals surface area contributed by atoms with E-state index in [2.05, 4.69) is 20.4 Å². The number of aryl methyl sites for hydroxylation is 1. The van der Waals surface area contributed by atoms with Crippen LogP contribution in [-0.4, -0.2) is 85.0 Å². The molecule has 5 rings (SSSR count). The number of amides is 1. The lowest BCUT2D eigenvalue weighted by atomic mass is 10.0. The second kappa shape index (κ2) is 9.63. The Bertz CT molecular complexity index is 1550. The number of fused-ring (bicyclic) bond motifs is 2. The Hall–Kier alpha value is -4.01. The van der Waals surface area contributed by atoms with E-state index in [4.69, 9.17) is 9.84 Å². The number of carbonyl (C=O) groups is 1. The number of rotatable bonds is 6. The van der Waals surface area contributed by atoms with Crippen molar-refractivity contribution in [3.8, 4) is 17.0 Å². The standard InChI is InChI=1S/C24H24F5N7O3/c1-13-30-16-4-3-14(9-17(16)35(13)12-24(27,28)29)15-5-8-36-20(15)21(39-2)32-22(33-36)31-18-6-7-34(19(38)10-37)11-23(18,25)26/h3-5,8-9,18,37H,6-7,10-12H2,1-2H3,(H,31,33)/t18-/m1/s1. The molecule has 3 aromatic heterocycles. The third kappa shape index (κ3) is 5.05. The van der Waals surface area contributed by atoms with E-state index in [1.165, 1.54) is 18.5 Å². The molecular formula is C24H24F5N7O3. The van der Waals surface area contributed by atoms with Crippen molar-refractivity contribution in [2.24, 2.45) is 0 Å². The SMILES string of the molecule is COc1nc(N[C@@H]2CCN(C(=O)CO)CC2(F)F)nn2ccc(-c3ccc4nc(C)n(CC(F)(F)F)c4c3)c12. The highest BCUT2D eigenvalue weighted by Crippen LogP contribution is 2.35. The lowest BCUT2D eigenvalue weighted by Gasteiger charge is -2.38. The Labute approximate surface area is 218 Å². The minimum absolute atomic E-state index is 0.0204. The molecule has 208 valence electrons. The number of likely N-dealkylation sites (tertiary alicyclic amines) is 1. The van der Waals surface area contributed by atoms with Gasteiger partial charge < -0.3 is 24.6 Å². The number of carbonyl (C=O) groups excluding carboxylic acids is 1. The first-order valence-electron chi connectivity index (χ1n) is 11.9. The van der Waals surface area contributed by atoms with Crippen LogP contribution in [0.4, 0.5) is 27.9 Å². The average molecular weight is 553 g/mol. The molecule has 1 aliphatic rings. The largest absolute Gasteiger partial charge is 0.479 e. The Morgan fingerprint density at radius 2 is 2.03 bits per heavy atom. The number of halogens is 5. The Morgan fingerprint density at radius 1 is 1.26 bits per heavy atom. The molecule has 10 nitrogen and oxygen atoms in total. The van der Waals surface area contributed by atoms with Gasteiger partial charge in [-0.25, -0.2) is 18.3 Å². The van der Waals surface area contributed by atoms with Crippen molar-refractivity contribution >= 4 is 28.4 Å². The van der Waals surface area contributed by atoms with Gasteiger partial charge in [-0.15, -0.1) is 5.10 Å². The maximum absolute atomic E-state index is 14.8. The van der Waals surface area contributed by atoms with Crippen molar-refractivity contribution in [2.45, 2.75) is 38.0 Å². The smallest absolute Gasteiger partial charge is 0.406 e. The van der Waals surface area contributed by atoms with Gasteiger partial charge in [0.25, 0.3) is 5.92 Å². The molecule has 1 fully saturated rings. The molecule has 1 amide bonds. The molecule has 4 aromatic rings. The Morgan fingerprint density at radius 3 is 2.69 bits per heavy atom. The summed E-state index contributed by atoms with van der Waals surface area (Å²) in [5.41, 5.74) is 2.21. The first kappa shape index (κ1) is 26.6. The topological polar surface area (TPSA) is 110 Å². The van der Waals surface area contributed by atoms with E-state index in [0.717, 1.165) is 9.47 Å². The first-order chi connectivity index (χ1) is 18.4. The number of nitrogens with one attached hydrogen (secondary N) is 1. The molecule has 0 bridgehead atoms. The second-order valence-corrected chi connectivity index (χ2v) is 9.25. The number of imidazole rings is 1. The van der Waals surface area contributed by atoms with Gasteiger partial charge >= 0.3 is 6.18 Å². The molecule has 15 heteroatoms. The number of aliphatic hydroxyl groups excluding tert-OH is 1. The van der Waals surface area contributed by atoms with Crippen LogP contribution in [0.3, 0.4) is 0 Å². The van der Waals surface area contributed by atoms with Gasteiger partial charge in [0, 0.05) is 18.3 Å². The highest BCUT2D eigenvalue weighted by atomic mass is 19.4. The molecule has 0 radical (unpaired) electrons. The van der Waals surface area contributed by atoms with E-state index in [0.29, 0.717) is 27.7 Å². The van der Waals surface area contributed by atoms with E-state index in [1.54, 1.807) is 30.5 Å². The summed E-state index contributed by atoms with van der Waals surface area (Å²) in [6, 6.07) is 5.20. The summed E-state index contributed by atoms with van der Waals surface area (Å²) in [6.07, 6.45) is -2.98. The summed E-state index contributed by atoms with van der Waals surface area (Å²) < 4.78 is 77.0. The Balaban J connectivity index is 1.48. The summed E-state index contributed by atoms with van der Waals surface area (Å²) in [6.45, 7) is -1.37. The lowest BCUT2D eigenvalue weighted by Crippen LogP contribution is -2.56. The maximum Gasteiger partial charge on any atom is 0.406 e. The molecule has 39 heavy (non-hydrogen) atoms. The number of nitrogens with zero attached hydrogens (tertiary/aromatic N) is 6. The third-order valence-corrected chi connectivity index (χ3v) is 6.65. The van der Waals surface area contributed by atoms with Crippen LogP contribution >= 0.6 is 0 Å². The maximum atomic E-state index is 14.8. The van der Waals surface area contributed by atoms with Crippen LogP contribution in [0, 0.1) is 6.92 Å². The second-order valence-electron chi connectivity index (χ2n) is 9.25. The molecule has 0 spiro atoms. The number of anilines is 1. The highest BCUT2D eigenvalue weighted by Gasteiger charge is 2.46. The quantitative estimate of drug-likeness (QED) is 0.353.